The summed E-state index contributed by atoms with van der Waals surface area (Å²) >= 11 is 0. The molecule has 0 radical (unpaired) electrons. The van der Waals surface area contributed by atoms with Gasteiger partial charge in [-0.25, -0.2) is 0 Å². The van der Waals surface area contributed by atoms with Gasteiger partial charge in [-0.3, -0.25) is 0 Å². The molecule has 3 nitrogen and oxygen atoms in total. The molecule has 0 aliphatic heterocycles. The van der Waals surface area contributed by atoms with E-state index in [1.165, 1.54) is 88.0 Å². The third-order valence-corrected chi connectivity index (χ3v) is 12.1. The minimum Gasteiger partial charge on any atom is -0.312 e. The molecule has 58 heavy (non-hydrogen) atoms. The van der Waals surface area contributed by atoms with Crippen molar-refractivity contribution in [1.82, 2.24) is 13.7 Å². The number of hydrogen-bond donors (Lipinski definition) is 0. The van der Waals surface area contributed by atoms with Gasteiger partial charge in [-0.15, -0.1) is 0 Å². The summed E-state index contributed by atoms with van der Waals surface area (Å²) in [5.74, 6) is 0. The Morgan fingerprint density at radius 1 is 0.328 bits per heavy atom. The number of rotatable bonds is 5. The lowest BCUT2D eigenvalue weighted by molar-refractivity contribution is 1.01. The van der Waals surface area contributed by atoms with E-state index < -0.39 is 0 Å². The maximum atomic E-state index is 2.49. The lowest BCUT2D eigenvalue weighted by Gasteiger charge is -2.20. The average molecular weight is 740 g/mol. The van der Waals surface area contributed by atoms with E-state index >= 15 is 0 Å². The molecule has 0 fully saturated rings. The SMILES string of the molecule is C1=CCc2c(c3ccccc3n2-c2ccc(-c3ccc(-c4ccc(-n5c6ccccc6c6ccccc65)c5ccccc45)n3-c3ccccc3)c3ccccc23)C=C1. The molecule has 0 unspecified atom stereocenters. The summed E-state index contributed by atoms with van der Waals surface area (Å²) in [4.78, 5) is 0. The fraction of sp³-hybridized carbons (Fsp3) is 0.0182. The van der Waals surface area contributed by atoms with Gasteiger partial charge < -0.3 is 13.7 Å². The topological polar surface area (TPSA) is 14.8 Å². The molecule has 0 amide bonds. The molecule has 0 saturated heterocycles. The molecule has 3 heterocycles. The predicted octanol–water partition coefficient (Wildman–Crippen LogP) is 14.3. The lowest BCUT2D eigenvalue weighted by atomic mass is 9.99. The molecule has 8 aromatic carbocycles. The van der Waals surface area contributed by atoms with Crippen molar-refractivity contribution in [2.75, 3.05) is 0 Å². The quantitative estimate of drug-likeness (QED) is 0.167. The number of fused-ring (bicyclic) bond motifs is 8. The van der Waals surface area contributed by atoms with Crippen molar-refractivity contribution < 1.29 is 0 Å². The standard InChI is InChI=1S/C55H37N3/c1-3-17-37(18-4-1)56-52(46-31-33-54(40-22-9-7-19-38(40)46)57-48-27-6-2-5-21-42(48)43-24-11-14-28-49(43)57)35-36-53(56)47-32-34-55(41-23-10-8-20-39(41)47)58-50-29-15-12-25-44(50)45-26-13-16-30-51(45)58/h1-26,28-36H,27H2. The van der Waals surface area contributed by atoms with E-state index in [1.807, 2.05) is 0 Å². The average Bonchev–Trinajstić information content (AvgIpc) is 3.90. The van der Waals surface area contributed by atoms with Crippen LogP contribution in [0.25, 0.3) is 99.9 Å². The normalized spacial score (nSPS) is 12.6. The Morgan fingerprint density at radius 2 is 0.793 bits per heavy atom. The number of hydrogen-bond acceptors (Lipinski definition) is 0. The van der Waals surface area contributed by atoms with Crippen molar-refractivity contribution >= 4 is 60.3 Å². The van der Waals surface area contributed by atoms with Crippen LogP contribution in [-0.2, 0) is 6.42 Å². The van der Waals surface area contributed by atoms with Crippen LogP contribution in [-0.4, -0.2) is 13.7 Å². The highest BCUT2D eigenvalue weighted by Gasteiger charge is 2.23. The zero-order chi connectivity index (χ0) is 38.2. The van der Waals surface area contributed by atoms with Gasteiger partial charge in [0.1, 0.15) is 0 Å². The third kappa shape index (κ3) is 4.80. The number of benzene rings is 8. The molecule has 0 atom stereocenters. The fourth-order valence-corrected chi connectivity index (χ4v) is 9.69. The maximum Gasteiger partial charge on any atom is 0.0541 e. The highest BCUT2D eigenvalue weighted by Crippen LogP contribution is 2.43. The van der Waals surface area contributed by atoms with Crippen LogP contribution in [0.3, 0.4) is 0 Å². The van der Waals surface area contributed by atoms with E-state index in [0.29, 0.717) is 0 Å². The number of nitrogens with zero attached hydrogens (tertiary/aromatic N) is 3. The first-order valence-electron chi connectivity index (χ1n) is 20.1. The summed E-state index contributed by atoms with van der Waals surface area (Å²) in [5.41, 5.74) is 14.5. The third-order valence-electron chi connectivity index (χ3n) is 12.1. The van der Waals surface area contributed by atoms with Crippen LogP contribution < -0.4 is 0 Å². The smallest absolute Gasteiger partial charge is 0.0541 e. The molecule has 272 valence electrons. The highest BCUT2D eigenvalue weighted by molar-refractivity contribution is 6.12. The summed E-state index contributed by atoms with van der Waals surface area (Å²) in [6.07, 6.45) is 9.73. The Hall–Kier alpha value is -7.62. The van der Waals surface area contributed by atoms with Gasteiger partial charge in [-0.05, 0) is 65.4 Å². The van der Waals surface area contributed by atoms with E-state index in [9.17, 15) is 0 Å². The van der Waals surface area contributed by atoms with Crippen molar-refractivity contribution in [3.8, 4) is 39.6 Å². The van der Waals surface area contributed by atoms with Gasteiger partial charge in [0.05, 0.1) is 39.3 Å². The molecule has 0 bridgehead atoms. The van der Waals surface area contributed by atoms with Crippen LogP contribution in [0.5, 0.6) is 0 Å². The molecule has 1 aliphatic rings. The second-order valence-corrected chi connectivity index (χ2v) is 15.2. The number of para-hydroxylation sites is 4. The Morgan fingerprint density at radius 3 is 1.38 bits per heavy atom. The van der Waals surface area contributed by atoms with Crippen LogP contribution in [0, 0.1) is 0 Å². The zero-order valence-corrected chi connectivity index (χ0v) is 31.8. The molecular weight excluding hydrogens is 703 g/mol. The van der Waals surface area contributed by atoms with E-state index in [2.05, 4.69) is 226 Å². The molecule has 1 aliphatic carbocycles. The maximum absolute atomic E-state index is 2.49. The second-order valence-electron chi connectivity index (χ2n) is 15.2. The van der Waals surface area contributed by atoms with Crippen molar-refractivity contribution in [1.29, 1.82) is 0 Å². The largest absolute Gasteiger partial charge is 0.312 e. The lowest BCUT2D eigenvalue weighted by Crippen LogP contribution is -2.03. The fourth-order valence-electron chi connectivity index (χ4n) is 9.69. The summed E-state index contributed by atoms with van der Waals surface area (Å²) in [6.45, 7) is 0. The molecule has 12 rings (SSSR count). The number of aromatic nitrogens is 3. The van der Waals surface area contributed by atoms with E-state index in [0.717, 1.165) is 23.5 Å². The second kappa shape index (κ2) is 13.0. The van der Waals surface area contributed by atoms with E-state index in [4.69, 9.17) is 0 Å². The van der Waals surface area contributed by atoms with Gasteiger partial charge in [0, 0.05) is 61.4 Å². The Bertz CT molecular complexity index is 3420. The minimum atomic E-state index is 0.872. The van der Waals surface area contributed by atoms with Crippen LogP contribution >= 0.6 is 0 Å². The van der Waals surface area contributed by atoms with Gasteiger partial charge in [0.25, 0.3) is 0 Å². The summed E-state index contributed by atoms with van der Waals surface area (Å²) in [6, 6.07) is 68.9. The van der Waals surface area contributed by atoms with Crippen LogP contribution in [0.15, 0.2) is 206 Å². The summed E-state index contributed by atoms with van der Waals surface area (Å²) in [7, 11) is 0. The number of allylic oxidation sites excluding steroid dienone is 3. The molecule has 11 aromatic rings. The molecule has 0 N–H and O–H groups in total. The Kier molecular flexibility index (Phi) is 7.29. The van der Waals surface area contributed by atoms with Crippen molar-refractivity contribution in [3.05, 3.63) is 218 Å². The molecule has 3 aromatic heterocycles. The summed E-state index contributed by atoms with van der Waals surface area (Å²) in [5, 5.41) is 8.69. The van der Waals surface area contributed by atoms with Gasteiger partial charge in [-0.2, -0.15) is 0 Å². The van der Waals surface area contributed by atoms with Crippen molar-refractivity contribution in [2.45, 2.75) is 6.42 Å². The monoisotopic (exact) mass is 739 g/mol. The Balaban J connectivity index is 1.09. The van der Waals surface area contributed by atoms with Crippen LogP contribution in [0.2, 0.25) is 0 Å². The molecule has 0 spiro atoms. The Labute approximate surface area is 336 Å². The first-order valence-corrected chi connectivity index (χ1v) is 20.1. The van der Waals surface area contributed by atoms with Crippen molar-refractivity contribution in [3.63, 3.8) is 0 Å². The summed E-state index contributed by atoms with van der Waals surface area (Å²) < 4.78 is 7.38. The molecule has 0 saturated carbocycles. The van der Waals surface area contributed by atoms with E-state index in [-0.39, 0.29) is 0 Å². The van der Waals surface area contributed by atoms with Gasteiger partial charge in [0.2, 0.25) is 0 Å². The first kappa shape index (κ1) is 32.6. The van der Waals surface area contributed by atoms with Crippen LogP contribution in [0.1, 0.15) is 11.3 Å². The first-order chi connectivity index (χ1) is 28.8. The minimum absolute atomic E-state index is 0.872. The highest BCUT2D eigenvalue weighted by atomic mass is 15.0. The molecular formula is C55H37N3. The van der Waals surface area contributed by atoms with Gasteiger partial charge in [-0.1, -0.05) is 158 Å². The predicted molar refractivity (Wildman–Crippen MR) is 245 cm³/mol. The van der Waals surface area contributed by atoms with Gasteiger partial charge >= 0.3 is 0 Å². The van der Waals surface area contributed by atoms with Crippen LogP contribution in [0.4, 0.5) is 0 Å². The molecule has 3 heteroatoms. The van der Waals surface area contributed by atoms with Gasteiger partial charge in [0.15, 0.2) is 0 Å². The zero-order valence-electron chi connectivity index (χ0n) is 31.8. The van der Waals surface area contributed by atoms with E-state index in [1.54, 1.807) is 0 Å². The van der Waals surface area contributed by atoms with Crippen molar-refractivity contribution in [2.24, 2.45) is 0 Å².